The van der Waals surface area contributed by atoms with Crippen LogP contribution in [0.1, 0.15) is 28.4 Å². The average Bonchev–Trinajstić information content (AvgIpc) is 2.71. The van der Waals surface area contributed by atoms with Crippen molar-refractivity contribution in [2.24, 2.45) is 0 Å². The number of benzene rings is 2. The number of aliphatic hydroxyl groups is 1. The first-order chi connectivity index (χ1) is 13.0. The molecule has 1 atom stereocenters. The van der Waals surface area contributed by atoms with Gasteiger partial charge in [-0.2, -0.15) is 5.26 Å². The Morgan fingerprint density at radius 1 is 1.19 bits per heavy atom. The van der Waals surface area contributed by atoms with Gasteiger partial charge in [0.15, 0.2) is 11.5 Å². The Labute approximate surface area is 158 Å². The highest BCUT2D eigenvalue weighted by molar-refractivity contribution is 6.00. The Hall–Kier alpha value is -3.24. The smallest absolute Gasteiger partial charge is 0.253 e. The minimum absolute atomic E-state index is 0.0767. The Morgan fingerprint density at radius 2 is 1.93 bits per heavy atom. The summed E-state index contributed by atoms with van der Waals surface area (Å²) < 4.78 is 10.5. The topological polar surface area (TPSA) is 104 Å². The van der Waals surface area contributed by atoms with Crippen LogP contribution in [0.25, 0.3) is 0 Å². The van der Waals surface area contributed by atoms with Crippen LogP contribution in [0.5, 0.6) is 11.5 Å². The van der Waals surface area contributed by atoms with E-state index in [1.54, 1.807) is 45.4 Å². The van der Waals surface area contributed by atoms with E-state index in [4.69, 9.17) is 14.7 Å². The zero-order valence-corrected chi connectivity index (χ0v) is 15.6. The molecule has 1 amide bonds. The van der Waals surface area contributed by atoms with Crippen molar-refractivity contribution in [3.63, 3.8) is 0 Å². The molecule has 0 unspecified atom stereocenters. The highest BCUT2D eigenvalue weighted by atomic mass is 16.5. The number of hydrogen-bond donors (Lipinski definition) is 3. The van der Waals surface area contributed by atoms with Crippen LogP contribution in [-0.4, -0.2) is 37.9 Å². The summed E-state index contributed by atoms with van der Waals surface area (Å²) >= 11 is 0. The van der Waals surface area contributed by atoms with E-state index in [1.807, 2.05) is 12.1 Å². The van der Waals surface area contributed by atoms with Crippen LogP contribution in [0.3, 0.4) is 0 Å². The molecule has 3 N–H and O–H groups in total. The number of carbonyl (C=O) groups is 1. The Balaban J connectivity index is 2.18. The molecule has 2 rings (SSSR count). The van der Waals surface area contributed by atoms with Crippen LogP contribution in [0.2, 0.25) is 0 Å². The number of nitrogens with zero attached hydrogens (tertiary/aromatic N) is 1. The van der Waals surface area contributed by atoms with E-state index in [0.717, 1.165) is 5.56 Å². The number of nitrogens with one attached hydrogen (secondary N) is 2. The van der Waals surface area contributed by atoms with Gasteiger partial charge in [-0.15, -0.1) is 0 Å². The summed E-state index contributed by atoms with van der Waals surface area (Å²) in [7, 11) is 3.11. The second kappa shape index (κ2) is 9.46. The number of hydrogen-bond acceptors (Lipinski definition) is 6. The summed E-state index contributed by atoms with van der Waals surface area (Å²) in [5.41, 5.74) is 2.12. The van der Waals surface area contributed by atoms with Gasteiger partial charge in [0, 0.05) is 18.3 Å². The number of nitriles is 1. The molecular formula is C20H23N3O4. The van der Waals surface area contributed by atoms with E-state index >= 15 is 0 Å². The number of rotatable bonds is 8. The van der Waals surface area contributed by atoms with E-state index in [9.17, 15) is 9.90 Å². The lowest BCUT2D eigenvalue weighted by molar-refractivity contribution is 0.0951. The van der Waals surface area contributed by atoms with Crippen LogP contribution in [0.4, 0.5) is 5.69 Å². The second-order valence-corrected chi connectivity index (χ2v) is 5.97. The molecule has 0 bridgehead atoms. The van der Waals surface area contributed by atoms with E-state index in [-0.39, 0.29) is 25.1 Å². The van der Waals surface area contributed by atoms with Crippen molar-refractivity contribution in [1.29, 1.82) is 5.26 Å². The summed E-state index contributed by atoms with van der Waals surface area (Å²) in [4.78, 5) is 12.7. The first kappa shape index (κ1) is 20.1. The van der Waals surface area contributed by atoms with Gasteiger partial charge in [-0.3, -0.25) is 4.79 Å². The molecule has 0 spiro atoms. The van der Waals surface area contributed by atoms with Gasteiger partial charge < -0.3 is 25.2 Å². The van der Waals surface area contributed by atoms with Crippen molar-refractivity contribution in [2.45, 2.75) is 19.5 Å². The second-order valence-electron chi connectivity index (χ2n) is 5.97. The molecule has 0 heterocycles. The first-order valence-corrected chi connectivity index (χ1v) is 8.43. The fraction of sp³-hybridized carbons (Fsp3) is 0.300. The van der Waals surface area contributed by atoms with E-state index < -0.39 is 0 Å². The van der Waals surface area contributed by atoms with E-state index in [2.05, 4.69) is 10.6 Å². The number of aliphatic hydroxyl groups excluding tert-OH is 1. The number of methoxy groups -OCH3 is 2. The Kier molecular flexibility index (Phi) is 7.03. The lowest BCUT2D eigenvalue weighted by Crippen LogP contribution is -2.26. The molecule has 2 aromatic carbocycles. The predicted octanol–water partition coefficient (Wildman–Crippen LogP) is 2.30. The number of anilines is 1. The Bertz CT molecular complexity index is 846. The lowest BCUT2D eigenvalue weighted by atomic mass is 10.1. The summed E-state index contributed by atoms with van der Waals surface area (Å²) in [6.07, 6.45) is 0. The monoisotopic (exact) mass is 369 g/mol. The van der Waals surface area contributed by atoms with Crippen LogP contribution in [0.15, 0.2) is 36.4 Å². The molecule has 7 nitrogen and oxygen atoms in total. The number of ether oxygens (including phenoxy) is 2. The molecular weight excluding hydrogens is 346 g/mol. The van der Waals surface area contributed by atoms with Crippen LogP contribution in [0, 0.1) is 11.3 Å². The molecule has 2 aromatic rings. The van der Waals surface area contributed by atoms with Gasteiger partial charge in [-0.05, 0) is 42.8 Å². The maximum Gasteiger partial charge on any atom is 0.253 e. The quantitative estimate of drug-likeness (QED) is 0.660. The standard InChI is InChI=1S/C20H23N3O4/c1-13(12-24)23-17-6-4-14(10-21)8-16(17)20(25)22-11-15-5-7-18(26-2)19(9-15)27-3/h4-9,13,23-24H,11-12H2,1-3H3,(H,22,25)/t13-/m1/s1. The lowest BCUT2D eigenvalue weighted by Gasteiger charge is -2.16. The van der Waals surface area contributed by atoms with Crippen molar-refractivity contribution in [2.75, 3.05) is 26.1 Å². The molecule has 27 heavy (non-hydrogen) atoms. The van der Waals surface area contributed by atoms with Gasteiger partial charge in [0.1, 0.15) is 0 Å². The third-order valence-corrected chi connectivity index (χ3v) is 3.97. The molecule has 0 fully saturated rings. The minimum Gasteiger partial charge on any atom is -0.493 e. The average molecular weight is 369 g/mol. The number of amides is 1. The molecule has 0 aliphatic rings. The van der Waals surface area contributed by atoms with E-state index in [0.29, 0.717) is 28.3 Å². The third kappa shape index (κ3) is 5.12. The Morgan fingerprint density at radius 3 is 2.56 bits per heavy atom. The molecule has 0 aliphatic heterocycles. The highest BCUT2D eigenvalue weighted by Gasteiger charge is 2.14. The van der Waals surface area contributed by atoms with Gasteiger partial charge in [0.05, 0.1) is 38.0 Å². The van der Waals surface area contributed by atoms with Crippen molar-refractivity contribution >= 4 is 11.6 Å². The van der Waals surface area contributed by atoms with Crippen LogP contribution >= 0.6 is 0 Å². The molecule has 142 valence electrons. The third-order valence-electron chi connectivity index (χ3n) is 3.97. The highest BCUT2D eigenvalue weighted by Crippen LogP contribution is 2.27. The van der Waals surface area contributed by atoms with Gasteiger partial charge >= 0.3 is 0 Å². The van der Waals surface area contributed by atoms with Gasteiger partial charge in [0.25, 0.3) is 5.91 Å². The maximum absolute atomic E-state index is 12.7. The van der Waals surface area contributed by atoms with Crippen molar-refractivity contribution in [3.05, 3.63) is 53.1 Å². The van der Waals surface area contributed by atoms with E-state index in [1.165, 1.54) is 6.07 Å². The summed E-state index contributed by atoms with van der Waals surface area (Å²) in [5.74, 6) is 0.864. The minimum atomic E-state index is -0.325. The first-order valence-electron chi connectivity index (χ1n) is 8.43. The predicted molar refractivity (Wildman–Crippen MR) is 102 cm³/mol. The molecule has 0 saturated carbocycles. The van der Waals surface area contributed by atoms with Crippen LogP contribution in [-0.2, 0) is 6.54 Å². The SMILES string of the molecule is COc1ccc(CNC(=O)c2cc(C#N)ccc2N[C@H](C)CO)cc1OC. The molecule has 0 aliphatic carbocycles. The molecule has 0 aromatic heterocycles. The zero-order chi connectivity index (χ0) is 19.8. The summed E-state index contributed by atoms with van der Waals surface area (Å²) in [5, 5.41) is 24.2. The molecule has 0 radical (unpaired) electrons. The molecule has 0 saturated heterocycles. The molecule has 7 heteroatoms. The largest absolute Gasteiger partial charge is 0.493 e. The van der Waals surface area contributed by atoms with Crippen molar-refractivity contribution < 1.29 is 19.4 Å². The maximum atomic E-state index is 12.7. The zero-order valence-electron chi connectivity index (χ0n) is 15.6. The van der Waals surface area contributed by atoms with Crippen molar-refractivity contribution in [3.8, 4) is 17.6 Å². The van der Waals surface area contributed by atoms with Gasteiger partial charge in [-0.25, -0.2) is 0 Å². The van der Waals surface area contributed by atoms with Gasteiger partial charge in [0.2, 0.25) is 0 Å². The normalized spacial score (nSPS) is 11.2. The number of carbonyl (C=O) groups excluding carboxylic acids is 1. The van der Waals surface area contributed by atoms with Crippen LogP contribution < -0.4 is 20.1 Å². The fourth-order valence-electron chi connectivity index (χ4n) is 2.51. The summed E-state index contributed by atoms with van der Waals surface area (Å²) in [6, 6.07) is 12.0. The van der Waals surface area contributed by atoms with Crippen molar-refractivity contribution in [1.82, 2.24) is 5.32 Å². The summed E-state index contributed by atoms with van der Waals surface area (Å²) in [6.45, 7) is 2.00. The fourth-order valence-corrected chi connectivity index (χ4v) is 2.51. The van der Waals surface area contributed by atoms with Gasteiger partial charge in [-0.1, -0.05) is 6.07 Å².